The molecule has 1 saturated carbocycles. The Bertz CT molecular complexity index is 935. The first-order valence-corrected chi connectivity index (χ1v) is 10.2. The van der Waals surface area contributed by atoms with Crippen molar-refractivity contribution in [2.75, 3.05) is 31.1 Å². The second-order valence-electron chi connectivity index (χ2n) is 7.91. The number of anilines is 1. The quantitative estimate of drug-likeness (QED) is 0.794. The number of hydrogen-bond donors (Lipinski definition) is 0. The number of carbonyl (C=O) groups is 1. The molecule has 1 amide bonds. The summed E-state index contributed by atoms with van der Waals surface area (Å²) in [5.41, 5.74) is 2.01. The Morgan fingerprint density at radius 1 is 1.24 bits per heavy atom. The van der Waals surface area contributed by atoms with Crippen molar-refractivity contribution in [1.82, 2.24) is 19.9 Å². The zero-order valence-corrected chi connectivity index (χ0v) is 16.6. The van der Waals surface area contributed by atoms with E-state index in [-0.39, 0.29) is 5.91 Å². The smallest absolute Gasteiger partial charge is 0.276 e. The van der Waals surface area contributed by atoms with Gasteiger partial charge in [0.05, 0.1) is 23.0 Å². The van der Waals surface area contributed by atoms with Gasteiger partial charge in [0, 0.05) is 32.7 Å². The monoisotopic (exact) mass is 396 g/mol. The number of benzene rings is 1. The average Bonchev–Trinajstić information content (AvgIpc) is 3.38. The third-order valence-electron chi connectivity index (χ3n) is 6.08. The first-order chi connectivity index (χ1) is 14.1. The number of rotatable bonds is 4. The number of nitriles is 1. The van der Waals surface area contributed by atoms with Crippen LogP contribution in [-0.4, -0.2) is 52.0 Å². The van der Waals surface area contributed by atoms with Crippen molar-refractivity contribution in [2.24, 2.45) is 5.92 Å². The minimum absolute atomic E-state index is 0.111. The molecular weight excluding hydrogens is 371 g/mol. The van der Waals surface area contributed by atoms with Gasteiger partial charge in [-0.3, -0.25) is 4.79 Å². The average molecular weight is 396 g/mol. The minimum Gasteiger partial charge on any atom is -0.366 e. The third-order valence-corrected chi connectivity index (χ3v) is 6.08. The van der Waals surface area contributed by atoms with Crippen LogP contribution in [0.5, 0.6) is 0 Å². The van der Waals surface area contributed by atoms with Crippen LogP contribution in [0.25, 0.3) is 0 Å². The number of amides is 1. The maximum atomic E-state index is 14.3. The van der Waals surface area contributed by atoms with E-state index >= 15 is 0 Å². The van der Waals surface area contributed by atoms with Gasteiger partial charge in [-0.2, -0.15) is 5.26 Å². The first kappa shape index (κ1) is 19.4. The van der Waals surface area contributed by atoms with Crippen molar-refractivity contribution >= 4 is 11.6 Å². The normalized spacial score (nSPS) is 17.6. The molecule has 1 aliphatic carbocycles. The number of nitrogens with zero attached hydrogens (tertiary/aromatic N) is 6. The lowest BCUT2D eigenvalue weighted by Gasteiger charge is -2.36. The van der Waals surface area contributed by atoms with Gasteiger partial charge in [-0.25, -0.2) is 9.07 Å². The van der Waals surface area contributed by atoms with Crippen LogP contribution in [0.4, 0.5) is 10.1 Å². The maximum Gasteiger partial charge on any atom is 0.276 e. The fourth-order valence-corrected chi connectivity index (χ4v) is 4.30. The van der Waals surface area contributed by atoms with E-state index in [1.807, 2.05) is 22.6 Å². The van der Waals surface area contributed by atoms with Crippen molar-refractivity contribution in [3.8, 4) is 6.07 Å². The summed E-state index contributed by atoms with van der Waals surface area (Å²) in [6.45, 7) is 4.79. The SMILES string of the molecule is Cc1c(C(=O)N2CCN(c3ccc(C#N)cc3F)CC2)nnn1CC1CCCC1. The van der Waals surface area contributed by atoms with Crippen LogP contribution in [-0.2, 0) is 6.54 Å². The number of aromatic nitrogens is 3. The summed E-state index contributed by atoms with van der Waals surface area (Å²) >= 11 is 0. The van der Waals surface area contributed by atoms with E-state index in [2.05, 4.69) is 10.3 Å². The molecule has 0 spiro atoms. The lowest BCUT2D eigenvalue weighted by molar-refractivity contribution is 0.0739. The molecule has 1 saturated heterocycles. The molecule has 7 nitrogen and oxygen atoms in total. The van der Waals surface area contributed by atoms with Crippen molar-refractivity contribution in [3.05, 3.63) is 41.0 Å². The highest BCUT2D eigenvalue weighted by Crippen LogP contribution is 2.27. The molecule has 2 heterocycles. The standard InChI is InChI=1S/C21H25FN6O/c1-15-20(24-25-28(15)14-16-4-2-3-5-16)21(29)27-10-8-26(9-11-27)19-7-6-17(13-23)12-18(19)22/h6-7,12,16H,2-5,8-11,14H2,1H3. The number of carbonyl (C=O) groups excluding carboxylic acids is 1. The summed E-state index contributed by atoms with van der Waals surface area (Å²) in [6, 6.07) is 6.43. The molecule has 2 aromatic rings. The van der Waals surface area contributed by atoms with E-state index in [4.69, 9.17) is 5.26 Å². The van der Waals surface area contributed by atoms with Gasteiger partial charge in [0.15, 0.2) is 5.69 Å². The minimum atomic E-state index is -0.408. The fraction of sp³-hybridized carbons (Fsp3) is 0.524. The van der Waals surface area contributed by atoms with Crippen LogP contribution in [0.3, 0.4) is 0 Å². The van der Waals surface area contributed by atoms with Crippen LogP contribution in [0, 0.1) is 30.0 Å². The van der Waals surface area contributed by atoms with E-state index in [1.54, 1.807) is 17.0 Å². The van der Waals surface area contributed by atoms with Crippen LogP contribution >= 0.6 is 0 Å². The Morgan fingerprint density at radius 2 is 1.97 bits per heavy atom. The van der Waals surface area contributed by atoms with Gasteiger partial charge in [-0.05, 0) is 43.9 Å². The maximum absolute atomic E-state index is 14.3. The summed E-state index contributed by atoms with van der Waals surface area (Å²) in [4.78, 5) is 16.6. The van der Waals surface area contributed by atoms with Gasteiger partial charge < -0.3 is 9.80 Å². The van der Waals surface area contributed by atoms with Gasteiger partial charge in [-0.1, -0.05) is 18.1 Å². The van der Waals surface area contributed by atoms with Crippen LogP contribution in [0.15, 0.2) is 18.2 Å². The summed E-state index contributed by atoms with van der Waals surface area (Å²) < 4.78 is 16.1. The number of piperazine rings is 1. The Hall–Kier alpha value is -2.95. The summed E-state index contributed by atoms with van der Waals surface area (Å²) in [5, 5.41) is 17.3. The Labute approximate surface area is 169 Å². The molecule has 1 aliphatic heterocycles. The highest BCUT2D eigenvalue weighted by atomic mass is 19.1. The summed E-state index contributed by atoms with van der Waals surface area (Å²) in [7, 11) is 0. The van der Waals surface area contributed by atoms with Crippen molar-refractivity contribution in [2.45, 2.75) is 39.2 Å². The molecule has 1 aromatic heterocycles. The molecule has 4 rings (SSSR count). The van der Waals surface area contributed by atoms with E-state index in [0.717, 1.165) is 12.2 Å². The van der Waals surface area contributed by atoms with Crippen molar-refractivity contribution in [1.29, 1.82) is 5.26 Å². The van der Waals surface area contributed by atoms with Crippen LogP contribution in [0.2, 0.25) is 0 Å². The molecule has 0 bridgehead atoms. The van der Waals surface area contributed by atoms with Gasteiger partial charge in [-0.15, -0.1) is 5.10 Å². The molecule has 8 heteroatoms. The van der Waals surface area contributed by atoms with Crippen molar-refractivity contribution in [3.63, 3.8) is 0 Å². The summed E-state index contributed by atoms with van der Waals surface area (Å²) in [6.07, 6.45) is 4.98. The second-order valence-corrected chi connectivity index (χ2v) is 7.91. The number of hydrogen-bond acceptors (Lipinski definition) is 5. The Morgan fingerprint density at radius 3 is 2.62 bits per heavy atom. The Balaban J connectivity index is 1.39. The van der Waals surface area contributed by atoms with Gasteiger partial charge in [0.25, 0.3) is 5.91 Å². The predicted octanol–water partition coefficient (Wildman–Crippen LogP) is 2.75. The van der Waals surface area contributed by atoms with Crippen molar-refractivity contribution < 1.29 is 9.18 Å². The molecule has 2 aliphatic rings. The topological polar surface area (TPSA) is 78.1 Å². The van der Waals surface area contributed by atoms with E-state index in [9.17, 15) is 9.18 Å². The summed E-state index contributed by atoms with van der Waals surface area (Å²) in [5.74, 6) is 0.110. The molecule has 2 fully saturated rings. The van der Waals surface area contributed by atoms with Gasteiger partial charge in [0.2, 0.25) is 0 Å². The van der Waals surface area contributed by atoms with E-state index < -0.39 is 5.82 Å². The zero-order chi connectivity index (χ0) is 20.4. The van der Waals surface area contributed by atoms with Gasteiger partial charge in [0.1, 0.15) is 5.82 Å². The number of halogens is 1. The van der Waals surface area contributed by atoms with Crippen LogP contribution in [0.1, 0.15) is 47.4 Å². The predicted molar refractivity (Wildman–Crippen MR) is 106 cm³/mol. The molecule has 152 valence electrons. The highest BCUT2D eigenvalue weighted by Gasteiger charge is 2.28. The lowest BCUT2D eigenvalue weighted by Crippen LogP contribution is -2.49. The second kappa shape index (κ2) is 8.19. The molecule has 0 atom stereocenters. The fourth-order valence-electron chi connectivity index (χ4n) is 4.30. The molecule has 1 aromatic carbocycles. The highest BCUT2D eigenvalue weighted by molar-refractivity contribution is 5.93. The molecule has 0 radical (unpaired) electrons. The molecule has 29 heavy (non-hydrogen) atoms. The molecular formula is C21H25FN6O. The molecule has 0 N–H and O–H groups in total. The van der Waals surface area contributed by atoms with E-state index in [0.29, 0.717) is 49.0 Å². The zero-order valence-electron chi connectivity index (χ0n) is 16.6. The third kappa shape index (κ3) is 3.95. The van der Waals surface area contributed by atoms with Gasteiger partial charge >= 0.3 is 0 Å². The largest absolute Gasteiger partial charge is 0.366 e. The Kier molecular flexibility index (Phi) is 5.47. The lowest BCUT2D eigenvalue weighted by atomic mass is 10.1. The van der Waals surface area contributed by atoms with E-state index in [1.165, 1.54) is 31.7 Å². The molecule has 0 unspecified atom stereocenters. The first-order valence-electron chi connectivity index (χ1n) is 10.2. The van der Waals surface area contributed by atoms with Crippen LogP contribution < -0.4 is 4.90 Å².